The molecule has 0 heterocycles. The Balaban J connectivity index is 3.76. The van der Waals surface area contributed by atoms with E-state index in [-0.39, 0.29) is 0 Å². The predicted molar refractivity (Wildman–Crippen MR) is 70.2 cm³/mol. The molecule has 0 aliphatic heterocycles. The first-order chi connectivity index (χ1) is 8.64. The molecule has 0 amide bonds. The predicted octanol–water partition coefficient (Wildman–Crippen LogP) is 3.02. The van der Waals surface area contributed by atoms with Crippen LogP contribution in [0.3, 0.4) is 0 Å². The lowest BCUT2D eigenvalue weighted by Gasteiger charge is -2.15. The molecule has 0 aliphatic carbocycles. The van der Waals surface area contributed by atoms with Gasteiger partial charge in [-0.05, 0) is 6.42 Å². The molecule has 0 fully saturated rings. The zero-order chi connectivity index (χ0) is 13.9. The van der Waals surface area contributed by atoms with Crippen molar-refractivity contribution in [2.24, 2.45) is 0 Å². The fourth-order valence-electron chi connectivity index (χ4n) is 1.32. The van der Waals surface area contributed by atoms with E-state index in [4.69, 9.17) is 22.0 Å². The van der Waals surface area contributed by atoms with E-state index in [2.05, 4.69) is 6.92 Å². The van der Waals surface area contributed by atoms with Gasteiger partial charge in [0.2, 0.25) is 0 Å². The third kappa shape index (κ3) is 7.53. The first-order valence-electron chi connectivity index (χ1n) is 6.08. The Morgan fingerprint density at radius 2 is 1.50 bits per heavy atom. The highest BCUT2D eigenvalue weighted by Crippen LogP contribution is 2.30. The average molecular weight is 299 g/mol. The molecular weight excluding hydrogens is 275 g/mol. The van der Waals surface area contributed by atoms with Gasteiger partial charge >= 0.3 is 17.3 Å². The lowest BCUT2D eigenvalue weighted by Crippen LogP contribution is -2.44. The van der Waals surface area contributed by atoms with Gasteiger partial charge in [0.25, 0.3) is 0 Å². The van der Waals surface area contributed by atoms with Crippen molar-refractivity contribution in [2.75, 3.05) is 27.9 Å². The first-order valence-corrected chi connectivity index (χ1v) is 8.81. The maximum Gasteiger partial charge on any atom is 0.728 e. The number of hydrogen-bond acceptors (Lipinski definition) is 6. The first kappa shape index (κ1) is 18.1. The van der Waals surface area contributed by atoms with Crippen molar-refractivity contribution in [3.8, 4) is 0 Å². The van der Waals surface area contributed by atoms with Crippen LogP contribution in [0.15, 0.2) is 0 Å². The van der Waals surface area contributed by atoms with Crippen molar-refractivity contribution in [1.82, 2.24) is 0 Å². The summed E-state index contributed by atoms with van der Waals surface area (Å²) in [5.74, 6) is 0. The Morgan fingerprint density at radius 1 is 0.944 bits per heavy atom. The SMILES string of the molecule is CCCCCCCO[P+](=O)O[Si](OC)(OC)OC. The van der Waals surface area contributed by atoms with Crippen LogP contribution in [0.25, 0.3) is 0 Å². The summed E-state index contributed by atoms with van der Waals surface area (Å²) in [4.78, 5) is 0. The van der Waals surface area contributed by atoms with E-state index in [0.29, 0.717) is 6.61 Å². The van der Waals surface area contributed by atoms with Crippen molar-refractivity contribution in [3.63, 3.8) is 0 Å². The average Bonchev–Trinajstić information content (AvgIpc) is 2.40. The van der Waals surface area contributed by atoms with Gasteiger partial charge in [-0.2, -0.15) is 0 Å². The number of unbranched alkanes of at least 4 members (excludes halogenated alkanes) is 4. The van der Waals surface area contributed by atoms with Crippen LogP contribution in [0.5, 0.6) is 0 Å². The molecule has 0 saturated heterocycles. The van der Waals surface area contributed by atoms with Gasteiger partial charge < -0.3 is 13.3 Å². The van der Waals surface area contributed by atoms with Gasteiger partial charge in [-0.3, -0.25) is 0 Å². The highest BCUT2D eigenvalue weighted by molar-refractivity contribution is 7.35. The van der Waals surface area contributed by atoms with Gasteiger partial charge in [0.05, 0.1) is 0 Å². The summed E-state index contributed by atoms with van der Waals surface area (Å²) in [7, 11) is -1.40. The number of rotatable bonds is 12. The molecule has 0 radical (unpaired) electrons. The minimum atomic E-state index is -3.27. The van der Waals surface area contributed by atoms with Crippen LogP contribution < -0.4 is 0 Å². The molecule has 1 unspecified atom stereocenters. The molecular formula is C10H24O6PSi+. The molecule has 0 rings (SSSR count). The molecule has 18 heavy (non-hydrogen) atoms. The molecule has 0 N–H and O–H groups in total. The largest absolute Gasteiger partial charge is 0.728 e. The van der Waals surface area contributed by atoms with Gasteiger partial charge in [-0.25, -0.2) is 0 Å². The second-order valence-corrected chi connectivity index (χ2v) is 7.34. The van der Waals surface area contributed by atoms with Gasteiger partial charge in [0.1, 0.15) is 6.61 Å². The van der Waals surface area contributed by atoms with Gasteiger partial charge in [0.15, 0.2) is 0 Å². The molecule has 8 heteroatoms. The quantitative estimate of drug-likeness (QED) is 0.313. The highest BCUT2D eigenvalue weighted by atomic mass is 31.1. The molecule has 0 aromatic rings. The van der Waals surface area contributed by atoms with E-state index in [0.717, 1.165) is 12.8 Å². The summed E-state index contributed by atoms with van der Waals surface area (Å²) in [6.45, 7) is 2.56. The fourth-order valence-corrected chi connectivity index (χ4v) is 3.94. The Morgan fingerprint density at radius 3 is 2.00 bits per heavy atom. The van der Waals surface area contributed by atoms with Crippen LogP contribution in [0.1, 0.15) is 39.0 Å². The van der Waals surface area contributed by atoms with Crippen LogP contribution in [0, 0.1) is 0 Å². The van der Waals surface area contributed by atoms with Crippen molar-refractivity contribution in [3.05, 3.63) is 0 Å². The van der Waals surface area contributed by atoms with E-state index >= 15 is 0 Å². The molecule has 1 atom stereocenters. The molecule has 6 nitrogen and oxygen atoms in total. The van der Waals surface area contributed by atoms with Crippen LogP contribution in [-0.4, -0.2) is 37.0 Å². The maximum atomic E-state index is 11.5. The van der Waals surface area contributed by atoms with Crippen molar-refractivity contribution in [2.45, 2.75) is 39.0 Å². The minimum Gasteiger partial charge on any atom is -0.353 e. The van der Waals surface area contributed by atoms with E-state index in [1.165, 1.54) is 40.6 Å². The summed E-state index contributed by atoms with van der Waals surface area (Å²) in [5.41, 5.74) is 0. The minimum absolute atomic E-state index is 0.403. The molecule has 0 spiro atoms. The van der Waals surface area contributed by atoms with E-state index in [1.807, 2.05) is 0 Å². The molecule has 0 aliphatic rings. The third-order valence-corrected chi connectivity index (χ3v) is 5.77. The normalized spacial score (nSPS) is 12.8. The van der Waals surface area contributed by atoms with Crippen molar-refractivity contribution < 1.29 is 26.6 Å². The molecule has 108 valence electrons. The summed E-state index contributed by atoms with van der Waals surface area (Å²) in [6.07, 6.45) is 5.52. The molecule has 0 saturated carbocycles. The zero-order valence-electron chi connectivity index (χ0n) is 11.6. The molecule has 0 bridgehead atoms. The van der Waals surface area contributed by atoms with Gasteiger partial charge in [-0.1, -0.05) is 36.8 Å². The highest BCUT2D eigenvalue weighted by Gasteiger charge is 2.53. The second-order valence-electron chi connectivity index (χ2n) is 3.67. The Hall–Kier alpha value is 0.117. The monoisotopic (exact) mass is 299 g/mol. The Kier molecular flexibility index (Phi) is 11.1. The van der Waals surface area contributed by atoms with Crippen LogP contribution in [0.4, 0.5) is 0 Å². The Bertz CT molecular complexity index is 216. The van der Waals surface area contributed by atoms with Gasteiger partial charge in [-0.15, -0.1) is 4.52 Å². The van der Waals surface area contributed by atoms with E-state index in [1.54, 1.807) is 0 Å². The zero-order valence-corrected chi connectivity index (χ0v) is 13.5. The maximum absolute atomic E-state index is 11.5. The topological polar surface area (TPSA) is 63.2 Å². The summed E-state index contributed by atoms with van der Waals surface area (Å²) < 4.78 is 36.6. The van der Waals surface area contributed by atoms with Gasteiger partial charge in [0, 0.05) is 25.9 Å². The molecule has 0 aromatic heterocycles. The van der Waals surface area contributed by atoms with E-state index < -0.39 is 17.3 Å². The lowest BCUT2D eigenvalue weighted by molar-refractivity contribution is 0.0472. The van der Waals surface area contributed by atoms with Crippen LogP contribution in [0.2, 0.25) is 0 Å². The van der Waals surface area contributed by atoms with Crippen molar-refractivity contribution >= 4 is 17.3 Å². The summed E-state index contributed by atoms with van der Waals surface area (Å²) in [6, 6.07) is 0. The summed E-state index contributed by atoms with van der Waals surface area (Å²) >= 11 is 0. The third-order valence-electron chi connectivity index (χ3n) is 2.38. The van der Waals surface area contributed by atoms with Crippen molar-refractivity contribution in [1.29, 1.82) is 0 Å². The molecule has 0 aromatic carbocycles. The fraction of sp³-hybridized carbons (Fsp3) is 1.00. The smallest absolute Gasteiger partial charge is 0.353 e. The van der Waals surface area contributed by atoms with E-state index in [9.17, 15) is 4.57 Å². The second kappa shape index (κ2) is 11.0. The standard InChI is InChI=1S/C10H24O6PSi/c1-5-6-7-8-9-10-15-17(11)16-18(12-2,13-3)14-4/h5-10H2,1-4H3/q+1. The Labute approximate surface area is 111 Å². The lowest BCUT2D eigenvalue weighted by atomic mass is 10.2. The van der Waals surface area contributed by atoms with Crippen LogP contribution >= 0.6 is 8.25 Å². The van der Waals surface area contributed by atoms with Crippen LogP contribution in [-0.2, 0) is 26.6 Å². The number of hydrogen-bond donors (Lipinski definition) is 0. The summed E-state index contributed by atoms with van der Waals surface area (Å²) in [5, 5.41) is 0.